The van der Waals surface area contributed by atoms with Crippen LogP contribution in [0.5, 0.6) is 5.75 Å². The van der Waals surface area contributed by atoms with E-state index in [4.69, 9.17) is 4.42 Å². The van der Waals surface area contributed by atoms with Crippen LogP contribution < -0.4 is 5.32 Å². The number of carbonyl (C=O) groups excluding carboxylic acids is 1. The number of aromatic hydroxyl groups is 1. The summed E-state index contributed by atoms with van der Waals surface area (Å²) in [6, 6.07) is 9.98. The van der Waals surface area contributed by atoms with Crippen LogP contribution in [0.1, 0.15) is 21.1 Å². The number of furan rings is 1. The lowest BCUT2D eigenvalue weighted by Gasteiger charge is -2.16. The zero-order valence-corrected chi connectivity index (χ0v) is 13.4. The van der Waals surface area contributed by atoms with E-state index in [0.717, 1.165) is 17.7 Å². The Kier molecular flexibility index (Phi) is 3.66. The monoisotopic (exact) mass is 338 g/mol. The second-order valence-electron chi connectivity index (χ2n) is 5.51. The Labute approximate surface area is 142 Å². The van der Waals surface area contributed by atoms with Crippen LogP contribution in [-0.4, -0.2) is 22.0 Å². The molecule has 0 fully saturated rings. The molecule has 6 heteroatoms. The van der Waals surface area contributed by atoms with Crippen molar-refractivity contribution in [2.75, 3.05) is 0 Å². The molecule has 0 saturated heterocycles. The summed E-state index contributed by atoms with van der Waals surface area (Å²) in [7, 11) is 0. The molecule has 3 aromatic rings. The normalized spacial score (nSPS) is 15.9. The van der Waals surface area contributed by atoms with Gasteiger partial charge < -0.3 is 14.8 Å². The lowest BCUT2D eigenvalue weighted by molar-refractivity contribution is 0.0917. The van der Waals surface area contributed by atoms with Crippen molar-refractivity contribution in [3.63, 3.8) is 0 Å². The molecule has 1 atom stereocenters. The SMILES string of the molecule is O=C(NC1C=Cc2ncsc2C1)c1ccc(-c2ccc(O)cc2)o1. The summed E-state index contributed by atoms with van der Waals surface area (Å²) in [6.45, 7) is 0. The van der Waals surface area contributed by atoms with Gasteiger partial charge in [0.1, 0.15) is 11.5 Å². The first-order chi connectivity index (χ1) is 11.7. The fraction of sp³-hybridized carbons (Fsp3) is 0.111. The summed E-state index contributed by atoms with van der Waals surface area (Å²) in [5, 5.41) is 12.3. The van der Waals surface area contributed by atoms with Gasteiger partial charge in [0.25, 0.3) is 5.91 Å². The third-order valence-corrected chi connectivity index (χ3v) is 4.73. The van der Waals surface area contributed by atoms with Crippen molar-refractivity contribution in [2.24, 2.45) is 0 Å². The maximum atomic E-state index is 12.4. The van der Waals surface area contributed by atoms with E-state index in [0.29, 0.717) is 5.76 Å². The fourth-order valence-electron chi connectivity index (χ4n) is 2.62. The summed E-state index contributed by atoms with van der Waals surface area (Å²) in [5.74, 6) is 0.795. The van der Waals surface area contributed by atoms with E-state index in [-0.39, 0.29) is 23.5 Å². The number of aromatic nitrogens is 1. The van der Waals surface area contributed by atoms with Gasteiger partial charge in [-0.2, -0.15) is 0 Å². The Hall–Kier alpha value is -2.86. The molecule has 120 valence electrons. The van der Waals surface area contributed by atoms with Crippen LogP contribution in [-0.2, 0) is 6.42 Å². The highest BCUT2D eigenvalue weighted by atomic mass is 32.1. The quantitative estimate of drug-likeness (QED) is 0.767. The number of carbonyl (C=O) groups is 1. The maximum absolute atomic E-state index is 12.4. The van der Waals surface area contributed by atoms with Crippen molar-refractivity contribution in [1.82, 2.24) is 10.3 Å². The van der Waals surface area contributed by atoms with Gasteiger partial charge in [-0.15, -0.1) is 11.3 Å². The van der Waals surface area contributed by atoms with E-state index in [1.165, 1.54) is 4.88 Å². The fourth-order valence-corrected chi connectivity index (χ4v) is 3.43. The van der Waals surface area contributed by atoms with Crippen LogP contribution in [0.4, 0.5) is 0 Å². The number of thiazole rings is 1. The highest BCUT2D eigenvalue weighted by Crippen LogP contribution is 2.25. The molecular formula is C18H14N2O3S. The van der Waals surface area contributed by atoms with Gasteiger partial charge in [0.05, 0.1) is 17.2 Å². The summed E-state index contributed by atoms with van der Waals surface area (Å²) in [4.78, 5) is 17.8. The van der Waals surface area contributed by atoms with Crippen molar-refractivity contribution in [1.29, 1.82) is 0 Å². The zero-order valence-electron chi connectivity index (χ0n) is 12.6. The lowest BCUT2D eigenvalue weighted by atomic mass is 10.1. The number of rotatable bonds is 3. The number of phenols is 1. The second kappa shape index (κ2) is 5.98. The zero-order chi connectivity index (χ0) is 16.5. The van der Waals surface area contributed by atoms with Crippen molar-refractivity contribution in [2.45, 2.75) is 12.5 Å². The van der Waals surface area contributed by atoms with Gasteiger partial charge in [0.2, 0.25) is 0 Å². The minimum Gasteiger partial charge on any atom is -0.508 e. The number of benzene rings is 1. The molecule has 4 rings (SSSR count). The third kappa shape index (κ3) is 2.83. The molecular weight excluding hydrogens is 324 g/mol. The number of phenolic OH excluding ortho intramolecular Hbond substituents is 1. The van der Waals surface area contributed by atoms with Crippen molar-refractivity contribution in [3.05, 3.63) is 64.3 Å². The third-order valence-electron chi connectivity index (χ3n) is 3.86. The number of nitrogens with zero attached hydrogens (tertiary/aromatic N) is 1. The summed E-state index contributed by atoms with van der Waals surface area (Å²) in [5.41, 5.74) is 3.60. The van der Waals surface area contributed by atoms with Gasteiger partial charge in [0.15, 0.2) is 5.76 Å². The first-order valence-electron chi connectivity index (χ1n) is 7.50. The first kappa shape index (κ1) is 14.7. The highest BCUT2D eigenvalue weighted by molar-refractivity contribution is 7.09. The van der Waals surface area contributed by atoms with Gasteiger partial charge >= 0.3 is 0 Å². The number of hydrogen-bond donors (Lipinski definition) is 2. The van der Waals surface area contributed by atoms with Crippen LogP contribution in [0.15, 0.2) is 52.4 Å². The predicted molar refractivity (Wildman–Crippen MR) is 91.9 cm³/mol. The van der Waals surface area contributed by atoms with Crippen LogP contribution >= 0.6 is 11.3 Å². The number of fused-ring (bicyclic) bond motifs is 1. The van der Waals surface area contributed by atoms with Gasteiger partial charge in [-0.1, -0.05) is 6.08 Å². The molecule has 0 saturated carbocycles. The molecule has 0 spiro atoms. The molecule has 5 nitrogen and oxygen atoms in total. The van der Waals surface area contributed by atoms with E-state index in [1.54, 1.807) is 47.7 Å². The van der Waals surface area contributed by atoms with Gasteiger partial charge in [-0.05, 0) is 42.5 Å². The van der Waals surface area contributed by atoms with Crippen molar-refractivity contribution >= 4 is 23.3 Å². The average Bonchev–Trinajstić information content (AvgIpc) is 3.24. The molecule has 24 heavy (non-hydrogen) atoms. The smallest absolute Gasteiger partial charge is 0.287 e. The van der Waals surface area contributed by atoms with Gasteiger partial charge in [-0.25, -0.2) is 4.98 Å². The minimum atomic E-state index is -0.248. The van der Waals surface area contributed by atoms with Crippen LogP contribution in [0.25, 0.3) is 17.4 Å². The first-order valence-corrected chi connectivity index (χ1v) is 8.38. The molecule has 0 aliphatic heterocycles. The number of hydrogen-bond acceptors (Lipinski definition) is 5. The summed E-state index contributed by atoms with van der Waals surface area (Å²) >= 11 is 1.60. The summed E-state index contributed by atoms with van der Waals surface area (Å²) < 4.78 is 5.64. The summed E-state index contributed by atoms with van der Waals surface area (Å²) in [6.07, 6.45) is 4.63. The topological polar surface area (TPSA) is 75.4 Å². The Balaban J connectivity index is 1.47. The molecule has 0 radical (unpaired) electrons. The van der Waals surface area contributed by atoms with Crippen LogP contribution in [0, 0.1) is 0 Å². The predicted octanol–water partition coefficient (Wildman–Crippen LogP) is 3.48. The molecule has 1 aromatic carbocycles. The molecule has 2 heterocycles. The Bertz CT molecular complexity index is 909. The largest absolute Gasteiger partial charge is 0.508 e. The van der Waals surface area contributed by atoms with E-state index >= 15 is 0 Å². The number of amides is 1. The van der Waals surface area contributed by atoms with Crippen LogP contribution in [0.3, 0.4) is 0 Å². The van der Waals surface area contributed by atoms with E-state index in [9.17, 15) is 9.90 Å². The lowest BCUT2D eigenvalue weighted by Crippen LogP contribution is -2.35. The van der Waals surface area contributed by atoms with Crippen molar-refractivity contribution < 1.29 is 14.3 Å². The molecule has 0 bridgehead atoms. The Morgan fingerprint density at radius 3 is 2.92 bits per heavy atom. The average molecular weight is 338 g/mol. The van der Waals surface area contributed by atoms with E-state index < -0.39 is 0 Å². The van der Waals surface area contributed by atoms with E-state index in [2.05, 4.69) is 10.3 Å². The molecule has 1 aliphatic rings. The molecule has 1 aliphatic carbocycles. The van der Waals surface area contributed by atoms with Gasteiger partial charge in [0, 0.05) is 16.9 Å². The van der Waals surface area contributed by atoms with Crippen molar-refractivity contribution in [3.8, 4) is 17.1 Å². The Morgan fingerprint density at radius 2 is 2.08 bits per heavy atom. The molecule has 2 N–H and O–H groups in total. The van der Waals surface area contributed by atoms with E-state index in [1.807, 2.05) is 17.7 Å². The maximum Gasteiger partial charge on any atom is 0.287 e. The molecule has 1 amide bonds. The second-order valence-corrected chi connectivity index (χ2v) is 6.45. The number of nitrogens with one attached hydrogen (secondary N) is 1. The minimum absolute atomic E-state index is 0.0623. The standard InChI is InChI=1S/C18H14N2O3S/c21-13-4-1-11(2-5-13)15-7-8-16(23-15)18(22)20-12-3-6-14-17(9-12)24-10-19-14/h1-8,10,12,21H,9H2,(H,20,22). The molecule has 2 aromatic heterocycles. The van der Waals surface area contributed by atoms with Crippen LogP contribution in [0.2, 0.25) is 0 Å². The highest BCUT2D eigenvalue weighted by Gasteiger charge is 2.20. The van der Waals surface area contributed by atoms with Gasteiger partial charge in [-0.3, -0.25) is 4.79 Å². The molecule has 1 unspecified atom stereocenters. The Morgan fingerprint density at radius 1 is 1.25 bits per heavy atom.